The van der Waals surface area contributed by atoms with Gasteiger partial charge >= 0.3 is 0 Å². The zero-order chi connectivity index (χ0) is 20.1. The SMILES string of the molecule is Cc1cccc(C)c1NC(=O)c1ccnc(Nc2ccc(OC(C)C)cc2)n1. The monoisotopic (exact) mass is 376 g/mol. The van der Waals surface area contributed by atoms with Gasteiger partial charge < -0.3 is 15.4 Å². The smallest absolute Gasteiger partial charge is 0.274 e. The van der Waals surface area contributed by atoms with E-state index in [4.69, 9.17) is 4.74 Å². The molecule has 2 aromatic carbocycles. The Hall–Kier alpha value is -3.41. The van der Waals surface area contributed by atoms with Crippen LogP contribution in [0.4, 0.5) is 17.3 Å². The van der Waals surface area contributed by atoms with Gasteiger partial charge in [-0.15, -0.1) is 0 Å². The standard InChI is InChI=1S/C22H24N4O2/c1-14(2)28-18-10-8-17(9-11-18)24-22-23-13-12-19(25-22)21(27)26-20-15(3)6-5-7-16(20)4/h5-14H,1-4H3,(H,26,27)(H,23,24,25). The Bertz CT molecular complexity index is 948. The van der Waals surface area contributed by atoms with E-state index in [1.165, 1.54) is 0 Å². The summed E-state index contributed by atoms with van der Waals surface area (Å²) >= 11 is 0. The number of carbonyl (C=O) groups is 1. The van der Waals surface area contributed by atoms with Crippen LogP contribution in [-0.4, -0.2) is 22.0 Å². The van der Waals surface area contributed by atoms with Gasteiger partial charge in [-0.25, -0.2) is 9.97 Å². The van der Waals surface area contributed by atoms with E-state index in [1.807, 2.05) is 70.2 Å². The fourth-order valence-corrected chi connectivity index (χ4v) is 2.75. The van der Waals surface area contributed by atoms with Crippen molar-refractivity contribution in [1.82, 2.24) is 9.97 Å². The van der Waals surface area contributed by atoms with Gasteiger partial charge in [0, 0.05) is 17.6 Å². The van der Waals surface area contributed by atoms with E-state index in [2.05, 4.69) is 20.6 Å². The highest BCUT2D eigenvalue weighted by Gasteiger charge is 2.12. The Kier molecular flexibility index (Phi) is 5.89. The van der Waals surface area contributed by atoms with E-state index in [0.29, 0.717) is 11.6 Å². The normalized spacial score (nSPS) is 10.6. The summed E-state index contributed by atoms with van der Waals surface area (Å²) in [5, 5.41) is 6.05. The fraction of sp³-hybridized carbons (Fsp3) is 0.227. The molecule has 1 aromatic heterocycles. The quantitative estimate of drug-likeness (QED) is 0.641. The predicted octanol–water partition coefficient (Wildman–Crippen LogP) is 4.88. The van der Waals surface area contributed by atoms with Crippen molar-refractivity contribution in [3.8, 4) is 5.75 Å². The second kappa shape index (κ2) is 8.52. The lowest BCUT2D eigenvalue weighted by atomic mass is 10.1. The first-order valence-electron chi connectivity index (χ1n) is 9.17. The van der Waals surface area contributed by atoms with Crippen LogP contribution in [0.5, 0.6) is 5.75 Å². The molecule has 0 saturated carbocycles. The van der Waals surface area contributed by atoms with Crippen molar-refractivity contribution < 1.29 is 9.53 Å². The van der Waals surface area contributed by atoms with Crippen molar-refractivity contribution >= 4 is 23.2 Å². The first kappa shape index (κ1) is 19.4. The second-order valence-corrected chi connectivity index (χ2v) is 6.80. The first-order chi connectivity index (χ1) is 13.4. The lowest BCUT2D eigenvalue weighted by Crippen LogP contribution is -2.16. The Morgan fingerprint density at radius 2 is 1.68 bits per heavy atom. The summed E-state index contributed by atoms with van der Waals surface area (Å²) in [7, 11) is 0. The van der Waals surface area contributed by atoms with Crippen LogP contribution in [0.3, 0.4) is 0 Å². The molecule has 0 aliphatic carbocycles. The molecule has 0 atom stereocenters. The molecule has 28 heavy (non-hydrogen) atoms. The third-order valence-electron chi connectivity index (χ3n) is 4.09. The van der Waals surface area contributed by atoms with E-state index in [9.17, 15) is 4.79 Å². The maximum atomic E-state index is 12.6. The maximum absolute atomic E-state index is 12.6. The molecule has 2 N–H and O–H groups in total. The zero-order valence-electron chi connectivity index (χ0n) is 16.5. The van der Waals surface area contributed by atoms with Gasteiger partial charge in [-0.05, 0) is 69.2 Å². The fourth-order valence-electron chi connectivity index (χ4n) is 2.75. The molecule has 0 bridgehead atoms. The summed E-state index contributed by atoms with van der Waals surface area (Å²) < 4.78 is 5.63. The largest absolute Gasteiger partial charge is 0.491 e. The molecular formula is C22H24N4O2. The third-order valence-corrected chi connectivity index (χ3v) is 4.09. The summed E-state index contributed by atoms with van der Waals surface area (Å²) in [6, 6.07) is 15.0. The average molecular weight is 376 g/mol. The van der Waals surface area contributed by atoms with Crippen LogP contribution in [0.15, 0.2) is 54.7 Å². The van der Waals surface area contributed by atoms with Crippen LogP contribution < -0.4 is 15.4 Å². The van der Waals surface area contributed by atoms with E-state index >= 15 is 0 Å². The van der Waals surface area contributed by atoms with Gasteiger partial charge in [0.2, 0.25) is 5.95 Å². The minimum absolute atomic E-state index is 0.120. The number of aryl methyl sites for hydroxylation is 2. The molecule has 3 aromatic rings. The number of ether oxygens (including phenoxy) is 1. The number of rotatable bonds is 6. The van der Waals surface area contributed by atoms with Gasteiger partial charge in [-0.1, -0.05) is 18.2 Å². The maximum Gasteiger partial charge on any atom is 0.274 e. The molecule has 0 aliphatic heterocycles. The minimum atomic E-state index is -0.275. The van der Waals surface area contributed by atoms with E-state index in [-0.39, 0.29) is 12.0 Å². The molecular weight excluding hydrogens is 352 g/mol. The lowest BCUT2D eigenvalue weighted by Gasteiger charge is -2.12. The number of hydrogen-bond donors (Lipinski definition) is 2. The number of para-hydroxylation sites is 1. The van der Waals surface area contributed by atoms with Crippen LogP contribution in [0, 0.1) is 13.8 Å². The molecule has 0 radical (unpaired) electrons. The molecule has 1 heterocycles. The summed E-state index contributed by atoms with van der Waals surface area (Å²) in [6.45, 7) is 7.88. The van der Waals surface area contributed by atoms with Crippen molar-refractivity contribution in [3.63, 3.8) is 0 Å². The highest BCUT2D eigenvalue weighted by Crippen LogP contribution is 2.21. The van der Waals surface area contributed by atoms with E-state index in [1.54, 1.807) is 12.3 Å². The molecule has 0 unspecified atom stereocenters. The van der Waals surface area contributed by atoms with Crippen LogP contribution in [0.25, 0.3) is 0 Å². The predicted molar refractivity (Wildman–Crippen MR) is 111 cm³/mol. The van der Waals surface area contributed by atoms with Gasteiger partial charge in [0.05, 0.1) is 6.10 Å². The van der Waals surface area contributed by atoms with Gasteiger partial charge in [0.25, 0.3) is 5.91 Å². The molecule has 6 heteroatoms. The van der Waals surface area contributed by atoms with E-state index in [0.717, 1.165) is 28.3 Å². The van der Waals surface area contributed by atoms with Gasteiger partial charge in [0.1, 0.15) is 11.4 Å². The summed E-state index contributed by atoms with van der Waals surface area (Å²) in [4.78, 5) is 21.2. The van der Waals surface area contributed by atoms with Crippen LogP contribution >= 0.6 is 0 Å². The van der Waals surface area contributed by atoms with Crippen molar-refractivity contribution in [2.75, 3.05) is 10.6 Å². The Labute approximate surface area is 165 Å². The number of benzene rings is 2. The zero-order valence-corrected chi connectivity index (χ0v) is 16.5. The molecule has 0 saturated heterocycles. The summed E-state index contributed by atoms with van der Waals surface area (Å²) in [5.41, 5.74) is 3.92. The van der Waals surface area contributed by atoms with Crippen molar-refractivity contribution in [3.05, 3.63) is 71.5 Å². The van der Waals surface area contributed by atoms with Crippen molar-refractivity contribution in [2.45, 2.75) is 33.8 Å². The number of amides is 1. The van der Waals surface area contributed by atoms with Gasteiger partial charge in [-0.2, -0.15) is 0 Å². The summed E-state index contributed by atoms with van der Waals surface area (Å²) in [5.74, 6) is 0.874. The average Bonchev–Trinajstić information content (AvgIpc) is 2.66. The molecule has 0 fully saturated rings. The van der Waals surface area contributed by atoms with Crippen molar-refractivity contribution in [1.29, 1.82) is 0 Å². The highest BCUT2D eigenvalue weighted by molar-refractivity contribution is 6.03. The van der Waals surface area contributed by atoms with Gasteiger partial charge in [0.15, 0.2) is 0 Å². The molecule has 1 amide bonds. The van der Waals surface area contributed by atoms with Crippen LogP contribution in [0.2, 0.25) is 0 Å². The Balaban J connectivity index is 1.72. The highest BCUT2D eigenvalue weighted by atomic mass is 16.5. The van der Waals surface area contributed by atoms with Gasteiger partial charge in [-0.3, -0.25) is 4.79 Å². The van der Waals surface area contributed by atoms with Crippen LogP contribution in [-0.2, 0) is 0 Å². The molecule has 0 spiro atoms. The molecule has 0 aliphatic rings. The number of aromatic nitrogens is 2. The number of nitrogens with one attached hydrogen (secondary N) is 2. The number of hydrogen-bond acceptors (Lipinski definition) is 5. The molecule has 6 nitrogen and oxygen atoms in total. The minimum Gasteiger partial charge on any atom is -0.491 e. The molecule has 3 rings (SSSR count). The topological polar surface area (TPSA) is 76.1 Å². The lowest BCUT2D eigenvalue weighted by molar-refractivity contribution is 0.102. The summed E-state index contributed by atoms with van der Waals surface area (Å²) in [6.07, 6.45) is 1.68. The molecule has 144 valence electrons. The van der Waals surface area contributed by atoms with Crippen LogP contribution in [0.1, 0.15) is 35.5 Å². The first-order valence-corrected chi connectivity index (χ1v) is 9.17. The number of nitrogens with zero attached hydrogens (tertiary/aromatic N) is 2. The number of carbonyl (C=O) groups excluding carboxylic acids is 1. The number of anilines is 3. The third kappa shape index (κ3) is 4.85. The second-order valence-electron chi connectivity index (χ2n) is 6.80. The van der Waals surface area contributed by atoms with E-state index < -0.39 is 0 Å². The van der Waals surface area contributed by atoms with Crippen molar-refractivity contribution in [2.24, 2.45) is 0 Å². The Morgan fingerprint density at radius 1 is 1.00 bits per heavy atom. The Morgan fingerprint density at radius 3 is 2.32 bits per heavy atom.